The molecule has 5 nitrogen and oxygen atoms in total. The van der Waals surface area contributed by atoms with Crippen LogP contribution in [0.25, 0.3) is 0 Å². The maximum Gasteiger partial charge on any atom is 0.191 e. The number of hydrogen-bond acceptors (Lipinski definition) is 3. The summed E-state index contributed by atoms with van der Waals surface area (Å²) in [5.74, 6) is 1.66. The summed E-state index contributed by atoms with van der Waals surface area (Å²) in [6.45, 7) is 12.7. The van der Waals surface area contributed by atoms with Gasteiger partial charge < -0.3 is 20.3 Å². The quantitative estimate of drug-likeness (QED) is 0.262. The Morgan fingerprint density at radius 1 is 1.19 bits per heavy atom. The first-order valence-corrected chi connectivity index (χ1v) is 9.63. The number of hydrogen-bond donors (Lipinski definition) is 2. The summed E-state index contributed by atoms with van der Waals surface area (Å²) in [4.78, 5) is 7.19. The summed E-state index contributed by atoms with van der Waals surface area (Å²) in [6, 6.07) is 8.57. The second-order valence-corrected chi connectivity index (χ2v) is 6.89. The highest BCUT2D eigenvalue weighted by Gasteiger charge is 2.14. The van der Waals surface area contributed by atoms with Gasteiger partial charge in [-0.25, -0.2) is 4.99 Å². The number of nitrogens with one attached hydrogen (secondary N) is 2. The Balaban J connectivity index is 0.00000338. The van der Waals surface area contributed by atoms with E-state index in [2.05, 4.69) is 60.6 Å². The monoisotopic (exact) mass is 474 g/mol. The van der Waals surface area contributed by atoms with Crippen molar-refractivity contribution in [2.45, 2.75) is 40.2 Å². The number of benzene rings is 1. The first kappa shape index (κ1) is 23.0. The van der Waals surface area contributed by atoms with Gasteiger partial charge in [0.1, 0.15) is 0 Å². The van der Waals surface area contributed by atoms with E-state index in [0.717, 1.165) is 51.3 Å². The Morgan fingerprint density at radius 2 is 1.92 bits per heavy atom. The van der Waals surface area contributed by atoms with Crippen LogP contribution in [0, 0.1) is 5.92 Å². The first-order chi connectivity index (χ1) is 12.2. The Bertz CT molecular complexity index is 530. The van der Waals surface area contributed by atoms with Crippen molar-refractivity contribution in [2.24, 2.45) is 10.9 Å². The summed E-state index contributed by atoms with van der Waals surface area (Å²) in [6.07, 6.45) is 2.42. The van der Waals surface area contributed by atoms with Crippen molar-refractivity contribution in [2.75, 3.05) is 44.3 Å². The lowest BCUT2D eigenvalue weighted by atomic mass is 10.1. The number of aliphatic imine (C=N–C) groups is 1. The Labute approximate surface area is 176 Å². The van der Waals surface area contributed by atoms with Crippen LogP contribution in [-0.2, 0) is 11.3 Å². The molecule has 1 aromatic carbocycles. The maximum atomic E-state index is 5.47. The number of rotatable bonds is 8. The van der Waals surface area contributed by atoms with Gasteiger partial charge in [0.25, 0.3) is 0 Å². The van der Waals surface area contributed by atoms with Gasteiger partial charge >= 0.3 is 0 Å². The van der Waals surface area contributed by atoms with Gasteiger partial charge in [-0.05, 0) is 37.3 Å². The zero-order chi connectivity index (χ0) is 17.9. The highest BCUT2D eigenvalue weighted by Crippen LogP contribution is 2.22. The molecule has 0 bridgehead atoms. The van der Waals surface area contributed by atoms with Gasteiger partial charge in [-0.2, -0.15) is 0 Å². The molecule has 1 aliphatic rings. The number of guanidine groups is 1. The largest absolute Gasteiger partial charge is 0.378 e. The predicted octanol–water partition coefficient (Wildman–Crippen LogP) is 3.63. The van der Waals surface area contributed by atoms with Gasteiger partial charge in [0.2, 0.25) is 0 Å². The van der Waals surface area contributed by atoms with Crippen LogP contribution >= 0.6 is 24.0 Å². The van der Waals surface area contributed by atoms with Gasteiger partial charge in [0.15, 0.2) is 5.96 Å². The zero-order valence-corrected chi connectivity index (χ0v) is 18.8. The first-order valence-electron chi connectivity index (χ1n) is 9.63. The molecule has 26 heavy (non-hydrogen) atoms. The molecule has 0 spiro atoms. The predicted molar refractivity (Wildman–Crippen MR) is 122 cm³/mol. The van der Waals surface area contributed by atoms with Crippen LogP contribution in [-0.4, -0.2) is 45.4 Å². The van der Waals surface area contributed by atoms with Gasteiger partial charge in [-0.3, -0.25) is 0 Å². The maximum absolute atomic E-state index is 5.47. The van der Waals surface area contributed by atoms with Crippen LogP contribution < -0.4 is 15.5 Å². The average Bonchev–Trinajstić information content (AvgIpc) is 2.64. The van der Waals surface area contributed by atoms with Crippen LogP contribution in [0.2, 0.25) is 0 Å². The number of halogens is 1. The molecule has 1 saturated heterocycles. The van der Waals surface area contributed by atoms with Crippen molar-refractivity contribution >= 4 is 35.6 Å². The fourth-order valence-electron chi connectivity index (χ4n) is 2.98. The molecule has 0 atom stereocenters. The number of nitrogens with zero attached hydrogens (tertiary/aromatic N) is 2. The van der Waals surface area contributed by atoms with E-state index in [1.54, 1.807) is 0 Å². The molecule has 2 rings (SSSR count). The van der Waals surface area contributed by atoms with E-state index in [0.29, 0.717) is 6.54 Å². The molecular weight excluding hydrogens is 439 g/mol. The van der Waals surface area contributed by atoms with Crippen LogP contribution in [0.15, 0.2) is 29.3 Å². The number of morpholine rings is 1. The SMILES string of the molecule is CCNC(=NCc1ccccc1N1CCOCC1)NCCCC(C)C.I. The van der Waals surface area contributed by atoms with Crippen molar-refractivity contribution < 1.29 is 4.74 Å². The normalized spacial score (nSPS) is 14.9. The number of ether oxygens (including phenoxy) is 1. The number of anilines is 1. The van der Waals surface area contributed by atoms with E-state index in [9.17, 15) is 0 Å². The Kier molecular flexibility index (Phi) is 11.7. The van der Waals surface area contributed by atoms with E-state index in [1.165, 1.54) is 24.1 Å². The molecule has 6 heteroatoms. The van der Waals surface area contributed by atoms with E-state index >= 15 is 0 Å². The summed E-state index contributed by atoms with van der Waals surface area (Å²) >= 11 is 0. The third-order valence-corrected chi connectivity index (χ3v) is 4.35. The van der Waals surface area contributed by atoms with Crippen molar-refractivity contribution in [1.82, 2.24) is 10.6 Å². The second kappa shape index (κ2) is 13.2. The van der Waals surface area contributed by atoms with Crippen LogP contribution in [0.4, 0.5) is 5.69 Å². The van der Waals surface area contributed by atoms with E-state index in [-0.39, 0.29) is 24.0 Å². The summed E-state index contributed by atoms with van der Waals surface area (Å²) in [7, 11) is 0. The average molecular weight is 474 g/mol. The van der Waals surface area contributed by atoms with Crippen molar-refractivity contribution in [3.63, 3.8) is 0 Å². The smallest absolute Gasteiger partial charge is 0.191 e. The van der Waals surface area contributed by atoms with Crippen molar-refractivity contribution in [3.8, 4) is 0 Å². The van der Waals surface area contributed by atoms with Gasteiger partial charge in [0, 0.05) is 31.9 Å². The third-order valence-electron chi connectivity index (χ3n) is 4.35. The minimum absolute atomic E-state index is 0. The molecule has 1 aromatic rings. The number of para-hydroxylation sites is 1. The Hall–Kier alpha value is -1.02. The highest BCUT2D eigenvalue weighted by atomic mass is 127. The standard InChI is InChI=1S/C20H34N4O.HI/c1-4-21-20(22-11-7-8-17(2)3)23-16-18-9-5-6-10-19(18)24-12-14-25-15-13-24;/h5-6,9-10,17H,4,7-8,11-16H2,1-3H3,(H2,21,22,23);1H. The lowest BCUT2D eigenvalue weighted by Crippen LogP contribution is -2.38. The lowest BCUT2D eigenvalue weighted by molar-refractivity contribution is 0.122. The summed E-state index contributed by atoms with van der Waals surface area (Å²) in [5.41, 5.74) is 2.55. The molecule has 0 aliphatic carbocycles. The van der Waals surface area contributed by atoms with E-state index in [4.69, 9.17) is 9.73 Å². The zero-order valence-electron chi connectivity index (χ0n) is 16.5. The molecule has 0 saturated carbocycles. The minimum Gasteiger partial charge on any atom is -0.378 e. The molecule has 0 amide bonds. The molecular formula is C20H35IN4O. The molecule has 0 unspecified atom stereocenters. The minimum atomic E-state index is 0. The molecule has 1 heterocycles. The van der Waals surface area contributed by atoms with E-state index in [1.807, 2.05) is 0 Å². The second-order valence-electron chi connectivity index (χ2n) is 6.89. The summed E-state index contributed by atoms with van der Waals surface area (Å²) in [5, 5.41) is 6.80. The van der Waals surface area contributed by atoms with Crippen molar-refractivity contribution in [3.05, 3.63) is 29.8 Å². The van der Waals surface area contributed by atoms with Crippen molar-refractivity contribution in [1.29, 1.82) is 0 Å². The van der Waals surface area contributed by atoms with E-state index < -0.39 is 0 Å². The van der Waals surface area contributed by atoms with Crippen LogP contribution in [0.5, 0.6) is 0 Å². The molecule has 2 N–H and O–H groups in total. The summed E-state index contributed by atoms with van der Waals surface area (Å²) < 4.78 is 5.47. The fraction of sp³-hybridized carbons (Fsp3) is 0.650. The van der Waals surface area contributed by atoms with Crippen LogP contribution in [0.1, 0.15) is 39.2 Å². The Morgan fingerprint density at radius 3 is 2.62 bits per heavy atom. The third kappa shape index (κ3) is 8.12. The molecule has 0 aromatic heterocycles. The molecule has 1 fully saturated rings. The topological polar surface area (TPSA) is 48.9 Å². The van der Waals surface area contributed by atoms with Gasteiger partial charge in [0.05, 0.1) is 19.8 Å². The van der Waals surface area contributed by atoms with Gasteiger partial charge in [-0.15, -0.1) is 24.0 Å². The lowest BCUT2D eigenvalue weighted by Gasteiger charge is -2.30. The highest BCUT2D eigenvalue weighted by molar-refractivity contribution is 14.0. The molecule has 148 valence electrons. The van der Waals surface area contributed by atoms with Gasteiger partial charge in [-0.1, -0.05) is 32.0 Å². The van der Waals surface area contributed by atoms with Crippen LogP contribution in [0.3, 0.4) is 0 Å². The molecule has 0 radical (unpaired) electrons. The fourth-order valence-corrected chi connectivity index (χ4v) is 2.98. The molecule has 1 aliphatic heterocycles.